The van der Waals surface area contributed by atoms with Gasteiger partial charge < -0.3 is 10.0 Å². The molecule has 25 heavy (non-hydrogen) atoms. The number of amides is 1. The lowest BCUT2D eigenvalue weighted by atomic mass is 9.90. The fourth-order valence-electron chi connectivity index (χ4n) is 4.03. The number of aromatic nitrogens is 2. The van der Waals surface area contributed by atoms with Gasteiger partial charge in [-0.15, -0.1) is 0 Å². The number of rotatable bonds is 2. The number of para-hydroxylation sites is 1. The highest BCUT2D eigenvalue weighted by Gasteiger charge is 2.42. The Morgan fingerprint density at radius 3 is 2.72 bits per heavy atom. The van der Waals surface area contributed by atoms with Crippen LogP contribution in [0.4, 0.5) is 0 Å². The average Bonchev–Trinajstić information content (AvgIpc) is 3.22. The third-order valence-electron chi connectivity index (χ3n) is 5.66. The normalized spacial score (nSPS) is 21.6. The number of hydrogen-bond donors (Lipinski definition) is 1. The van der Waals surface area contributed by atoms with E-state index in [1.807, 2.05) is 30.7 Å². The number of carbonyl (C=O) groups excluding carboxylic acids is 1. The molecule has 1 aromatic heterocycles. The largest absolute Gasteiger partial charge is 0.391 e. The molecule has 1 amide bonds. The molecule has 2 aromatic rings. The minimum absolute atomic E-state index is 0.0462. The second-order valence-electron chi connectivity index (χ2n) is 8.02. The molecule has 1 N–H and O–H groups in total. The summed E-state index contributed by atoms with van der Waals surface area (Å²) in [5.41, 5.74) is 4.75. The molecule has 2 aliphatic rings. The quantitative estimate of drug-likeness (QED) is 0.915. The van der Waals surface area contributed by atoms with Crippen molar-refractivity contribution >= 4 is 5.91 Å². The van der Waals surface area contributed by atoms with Gasteiger partial charge in [0.25, 0.3) is 5.91 Å². The third kappa shape index (κ3) is 2.58. The van der Waals surface area contributed by atoms with Crippen LogP contribution in [-0.4, -0.2) is 44.9 Å². The Kier molecular flexibility index (Phi) is 3.72. The van der Waals surface area contributed by atoms with E-state index >= 15 is 0 Å². The maximum Gasteiger partial charge on any atom is 0.274 e. The molecule has 0 spiro atoms. The van der Waals surface area contributed by atoms with Crippen molar-refractivity contribution in [3.8, 4) is 5.69 Å². The monoisotopic (exact) mass is 339 g/mol. The number of likely N-dealkylation sites (tertiary alicyclic amines) is 1. The molecule has 0 saturated carbocycles. The number of hydrogen-bond acceptors (Lipinski definition) is 3. The topological polar surface area (TPSA) is 58.4 Å². The summed E-state index contributed by atoms with van der Waals surface area (Å²) >= 11 is 0. The first-order valence-corrected chi connectivity index (χ1v) is 9.02. The fraction of sp³-hybridized carbons (Fsp3) is 0.500. The molecule has 1 unspecified atom stereocenters. The number of aliphatic hydroxyl groups excluding tert-OH is 1. The van der Waals surface area contributed by atoms with E-state index in [9.17, 15) is 9.90 Å². The number of nitrogens with zero attached hydrogens (tertiary/aromatic N) is 3. The number of aryl methyl sites for hydroxylation is 1. The lowest BCUT2D eigenvalue weighted by Crippen LogP contribution is -2.31. The standard InChI is InChI=1S/C20H25N3O2/c1-13-7-4-5-9-15(13)23-16-10-6-8-14(16)18(21-23)19(25)22-11-17(24)20(2,3)12-22/h4-5,7,9,17,24H,6,8,10-12H2,1-3H3. The summed E-state index contributed by atoms with van der Waals surface area (Å²) < 4.78 is 1.96. The van der Waals surface area contributed by atoms with Gasteiger partial charge in [-0.3, -0.25) is 4.79 Å². The van der Waals surface area contributed by atoms with Crippen LogP contribution in [0.3, 0.4) is 0 Å². The van der Waals surface area contributed by atoms with Gasteiger partial charge in [-0.25, -0.2) is 4.68 Å². The van der Waals surface area contributed by atoms with E-state index in [1.165, 1.54) is 0 Å². The van der Waals surface area contributed by atoms with E-state index in [1.54, 1.807) is 4.90 Å². The molecule has 0 radical (unpaired) electrons. The van der Waals surface area contributed by atoms with Gasteiger partial charge in [-0.2, -0.15) is 5.10 Å². The average molecular weight is 339 g/mol. The zero-order valence-corrected chi connectivity index (χ0v) is 15.1. The van der Waals surface area contributed by atoms with E-state index in [4.69, 9.17) is 5.10 Å². The second kappa shape index (κ2) is 5.70. The van der Waals surface area contributed by atoms with E-state index in [-0.39, 0.29) is 11.3 Å². The van der Waals surface area contributed by atoms with Gasteiger partial charge in [-0.1, -0.05) is 32.0 Å². The van der Waals surface area contributed by atoms with Gasteiger partial charge in [0, 0.05) is 29.8 Å². The van der Waals surface area contributed by atoms with Crippen LogP contribution in [0, 0.1) is 12.3 Å². The molecule has 1 fully saturated rings. The van der Waals surface area contributed by atoms with Gasteiger partial charge >= 0.3 is 0 Å². The Hall–Kier alpha value is -2.14. The maximum absolute atomic E-state index is 13.1. The minimum Gasteiger partial charge on any atom is -0.391 e. The molecular formula is C20H25N3O2. The fourth-order valence-corrected chi connectivity index (χ4v) is 4.03. The summed E-state index contributed by atoms with van der Waals surface area (Å²) in [5.74, 6) is -0.0462. The lowest BCUT2D eigenvalue weighted by molar-refractivity contribution is 0.0755. The van der Waals surface area contributed by atoms with Crippen LogP contribution in [0.25, 0.3) is 5.69 Å². The van der Waals surface area contributed by atoms with Gasteiger partial charge in [0.2, 0.25) is 0 Å². The van der Waals surface area contributed by atoms with Crippen molar-refractivity contribution in [1.29, 1.82) is 0 Å². The Labute approximate surface area is 148 Å². The minimum atomic E-state index is -0.483. The van der Waals surface area contributed by atoms with Gasteiger partial charge in [-0.05, 0) is 37.8 Å². The van der Waals surface area contributed by atoms with Crippen LogP contribution in [0.2, 0.25) is 0 Å². The molecule has 1 aliphatic heterocycles. The summed E-state index contributed by atoms with van der Waals surface area (Å²) in [6.07, 6.45) is 2.44. The summed E-state index contributed by atoms with van der Waals surface area (Å²) in [6, 6.07) is 8.14. The van der Waals surface area contributed by atoms with Gasteiger partial charge in [0.1, 0.15) is 0 Å². The number of β-amino-alcohol motifs (C(OH)–C–C–N with tert-alkyl or cyclic N) is 1. The molecule has 5 nitrogen and oxygen atoms in total. The molecular weight excluding hydrogens is 314 g/mol. The van der Waals surface area contributed by atoms with Crippen LogP contribution < -0.4 is 0 Å². The first-order chi connectivity index (χ1) is 11.9. The van der Waals surface area contributed by atoms with E-state index in [0.717, 1.165) is 41.8 Å². The molecule has 5 heteroatoms. The summed E-state index contributed by atoms with van der Waals surface area (Å²) in [6.45, 7) is 7.03. The van der Waals surface area contributed by atoms with Crippen molar-refractivity contribution in [1.82, 2.24) is 14.7 Å². The molecule has 1 saturated heterocycles. The van der Waals surface area contributed by atoms with Crippen molar-refractivity contribution in [2.45, 2.75) is 46.1 Å². The lowest BCUT2D eigenvalue weighted by Gasteiger charge is -2.20. The number of fused-ring (bicyclic) bond motifs is 1. The zero-order valence-electron chi connectivity index (χ0n) is 15.1. The Balaban J connectivity index is 1.74. The highest BCUT2D eigenvalue weighted by Crippen LogP contribution is 2.33. The Morgan fingerprint density at radius 2 is 2.04 bits per heavy atom. The highest BCUT2D eigenvalue weighted by molar-refractivity contribution is 5.94. The first-order valence-electron chi connectivity index (χ1n) is 9.02. The van der Waals surface area contributed by atoms with Gasteiger partial charge in [0.15, 0.2) is 5.69 Å². The first kappa shape index (κ1) is 16.3. The molecule has 1 aliphatic carbocycles. The molecule has 0 bridgehead atoms. The third-order valence-corrected chi connectivity index (χ3v) is 5.66. The molecule has 1 aromatic carbocycles. The Bertz CT molecular complexity index is 837. The zero-order chi connectivity index (χ0) is 17.8. The van der Waals surface area contributed by atoms with Crippen molar-refractivity contribution in [3.05, 3.63) is 46.8 Å². The van der Waals surface area contributed by atoms with Crippen LogP contribution >= 0.6 is 0 Å². The predicted octanol–water partition coefficient (Wildman–Crippen LogP) is 2.51. The number of benzene rings is 1. The molecule has 132 valence electrons. The van der Waals surface area contributed by atoms with Crippen molar-refractivity contribution < 1.29 is 9.90 Å². The predicted molar refractivity (Wildman–Crippen MR) is 96.0 cm³/mol. The highest BCUT2D eigenvalue weighted by atomic mass is 16.3. The summed E-state index contributed by atoms with van der Waals surface area (Å²) in [7, 11) is 0. The van der Waals surface area contributed by atoms with E-state index in [0.29, 0.717) is 18.8 Å². The van der Waals surface area contributed by atoms with Crippen LogP contribution in [0.15, 0.2) is 24.3 Å². The van der Waals surface area contributed by atoms with Crippen LogP contribution in [0.1, 0.15) is 47.6 Å². The van der Waals surface area contributed by atoms with Crippen molar-refractivity contribution in [2.24, 2.45) is 5.41 Å². The SMILES string of the molecule is Cc1ccccc1-n1nc(C(=O)N2CC(O)C(C)(C)C2)c2c1CCC2. The molecule has 4 rings (SSSR count). The Morgan fingerprint density at radius 1 is 1.28 bits per heavy atom. The summed E-state index contributed by atoms with van der Waals surface area (Å²) in [4.78, 5) is 14.9. The smallest absolute Gasteiger partial charge is 0.274 e. The van der Waals surface area contributed by atoms with Gasteiger partial charge in [0.05, 0.1) is 11.8 Å². The second-order valence-corrected chi connectivity index (χ2v) is 8.02. The van der Waals surface area contributed by atoms with Crippen LogP contribution in [0.5, 0.6) is 0 Å². The van der Waals surface area contributed by atoms with Crippen molar-refractivity contribution in [3.63, 3.8) is 0 Å². The summed E-state index contributed by atoms with van der Waals surface area (Å²) in [5, 5.41) is 14.9. The number of aliphatic hydroxyl groups is 1. The molecule has 2 heterocycles. The molecule has 1 atom stereocenters. The maximum atomic E-state index is 13.1. The van der Waals surface area contributed by atoms with Crippen LogP contribution in [-0.2, 0) is 12.8 Å². The number of carbonyl (C=O) groups is 1. The van der Waals surface area contributed by atoms with E-state index < -0.39 is 6.10 Å². The van der Waals surface area contributed by atoms with Crippen molar-refractivity contribution in [2.75, 3.05) is 13.1 Å². The van der Waals surface area contributed by atoms with E-state index in [2.05, 4.69) is 19.1 Å².